The number of carbonyl (C=O) groups is 1. The first-order chi connectivity index (χ1) is 16.4. The zero-order valence-electron chi connectivity index (χ0n) is 18.0. The van der Waals surface area contributed by atoms with Crippen molar-refractivity contribution in [3.05, 3.63) is 93.4 Å². The molecule has 3 aromatic rings. The highest BCUT2D eigenvalue weighted by Crippen LogP contribution is 2.44. The number of aromatic hydroxyl groups is 1. The highest BCUT2D eigenvalue weighted by molar-refractivity contribution is 5.96. The molecule has 34 heavy (non-hydrogen) atoms. The topological polar surface area (TPSA) is 75.0 Å². The van der Waals surface area contributed by atoms with Crippen molar-refractivity contribution < 1.29 is 23.4 Å². The van der Waals surface area contributed by atoms with E-state index in [0.29, 0.717) is 12.1 Å². The van der Waals surface area contributed by atoms with Crippen molar-refractivity contribution in [3.8, 4) is 11.5 Å². The van der Waals surface area contributed by atoms with Gasteiger partial charge in [-0.15, -0.1) is 0 Å². The zero-order valence-corrected chi connectivity index (χ0v) is 18.0. The summed E-state index contributed by atoms with van der Waals surface area (Å²) in [6.07, 6.45) is 2.20. The van der Waals surface area contributed by atoms with Crippen LogP contribution in [0.25, 0.3) is 0 Å². The van der Waals surface area contributed by atoms with Crippen molar-refractivity contribution in [2.45, 2.75) is 12.5 Å². The van der Waals surface area contributed by atoms with Crippen LogP contribution in [0.15, 0.2) is 59.5 Å². The molecule has 2 aromatic carbocycles. The lowest BCUT2D eigenvalue weighted by atomic mass is 9.96. The van der Waals surface area contributed by atoms with Gasteiger partial charge in [-0.3, -0.25) is 19.3 Å². The van der Waals surface area contributed by atoms with Crippen LogP contribution in [0.3, 0.4) is 0 Å². The molecule has 2 aliphatic heterocycles. The van der Waals surface area contributed by atoms with Crippen molar-refractivity contribution in [2.24, 2.45) is 11.8 Å². The van der Waals surface area contributed by atoms with Crippen LogP contribution in [-0.2, 0) is 0 Å². The number of hydrogen-bond acceptors (Lipinski definition) is 5. The fourth-order valence-electron chi connectivity index (χ4n) is 5.00. The predicted molar refractivity (Wildman–Crippen MR) is 118 cm³/mol. The molecular weight excluding hydrogens is 444 g/mol. The molecule has 1 fully saturated rings. The van der Waals surface area contributed by atoms with Crippen molar-refractivity contribution in [1.29, 1.82) is 0 Å². The minimum absolute atomic E-state index is 0.0959. The number of halogens is 2. The van der Waals surface area contributed by atoms with Crippen LogP contribution in [0.1, 0.15) is 34.1 Å². The van der Waals surface area contributed by atoms with Gasteiger partial charge in [0.15, 0.2) is 23.0 Å². The van der Waals surface area contributed by atoms with Gasteiger partial charge in [-0.25, -0.2) is 4.39 Å². The summed E-state index contributed by atoms with van der Waals surface area (Å²) in [5.74, 6) is -3.11. The molecule has 2 bridgehead atoms. The van der Waals surface area contributed by atoms with E-state index >= 15 is 4.39 Å². The summed E-state index contributed by atoms with van der Waals surface area (Å²) in [7, 11) is 0. The summed E-state index contributed by atoms with van der Waals surface area (Å²) in [6.45, 7) is 0.730. The molecular formula is C25H21F2N3O4. The number of fused-ring (bicyclic) bond motifs is 6. The Morgan fingerprint density at radius 3 is 2.59 bits per heavy atom. The summed E-state index contributed by atoms with van der Waals surface area (Å²) < 4.78 is 36.7. The van der Waals surface area contributed by atoms with E-state index in [1.165, 1.54) is 23.0 Å². The summed E-state index contributed by atoms with van der Waals surface area (Å²) in [6, 6.07) is 12.2. The van der Waals surface area contributed by atoms with Gasteiger partial charge in [-0.1, -0.05) is 30.3 Å². The number of pyridine rings is 1. The van der Waals surface area contributed by atoms with Gasteiger partial charge in [0, 0.05) is 24.4 Å². The number of carbonyl (C=O) groups excluding carboxylic acids is 1. The molecule has 9 heteroatoms. The number of aromatic nitrogens is 1. The Morgan fingerprint density at radius 1 is 1.00 bits per heavy atom. The Kier molecular flexibility index (Phi) is 4.62. The van der Waals surface area contributed by atoms with Gasteiger partial charge < -0.3 is 14.7 Å². The summed E-state index contributed by atoms with van der Waals surface area (Å²) in [5, 5.41) is 12.3. The van der Waals surface area contributed by atoms with Gasteiger partial charge in [0.1, 0.15) is 12.7 Å². The maximum Gasteiger partial charge on any atom is 0.277 e. The Hall–Kier alpha value is -3.88. The third kappa shape index (κ3) is 3.14. The van der Waals surface area contributed by atoms with Gasteiger partial charge in [-0.2, -0.15) is 4.39 Å². The predicted octanol–water partition coefficient (Wildman–Crippen LogP) is 3.00. The fraction of sp³-hybridized carbons (Fsp3) is 0.280. The molecule has 0 unspecified atom stereocenters. The second-order valence-electron chi connectivity index (χ2n) is 8.99. The van der Waals surface area contributed by atoms with E-state index in [-0.39, 0.29) is 36.6 Å². The molecule has 1 amide bonds. The van der Waals surface area contributed by atoms with Crippen LogP contribution in [-0.4, -0.2) is 40.4 Å². The minimum Gasteiger partial charge on any atom is -0.502 e. The Bertz CT molecular complexity index is 1360. The van der Waals surface area contributed by atoms with E-state index in [1.54, 1.807) is 9.91 Å². The molecule has 0 radical (unpaired) electrons. The molecule has 3 heterocycles. The highest BCUT2D eigenvalue weighted by atomic mass is 19.2. The Balaban J connectivity index is 1.64. The molecule has 0 spiro atoms. The van der Waals surface area contributed by atoms with Crippen LogP contribution in [0, 0.1) is 23.5 Å². The van der Waals surface area contributed by atoms with E-state index < -0.39 is 34.8 Å². The summed E-state index contributed by atoms with van der Waals surface area (Å²) in [5.41, 5.74) is 0.299. The average Bonchev–Trinajstić information content (AvgIpc) is 3.58. The maximum absolute atomic E-state index is 15.1. The second kappa shape index (κ2) is 7.58. The van der Waals surface area contributed by atoms with Gasteiger partial charge >= 0.3 is 0 Å². The number of rotatable bonds is 1. The van der Waals surface area contributed by atoms with Gasteiger partial charge in [0.25, 0.3) is 5.91 Å². The van der Waals surface area contributed by atoms with Gasteiger partial charge in [0.2, 0.25) is 11.2 Å². The smallest absolute Gasteiger partial charge is 0.277 e. The summed E-state index contributed by atoms with van der Waals surface area (Å²) in [4.78, 5) is 27.2. The van der Waals surface area contributed by atoms with E-state index in [2.05, 4.69) is 0 Å². The molecule has 0 saturated heterocycles. The molecule has 174 valence electrons. The van der Waals surface area contributed by atoms with Crippen LogP contribution in [0.4, 0.5) is 8.78 Å². The SMILES string of the molecule is O=C1c2c(O)c(=O)ccn2N2CN1C[C@H]1C[C@@H]1COc1c(ccc(F)c1F)[C@H]2c1ccccc1. The molecule has 1 N–H and O–H groups in total. The largest absolute Gasteiger partial charge is 0.502 e. The molecule has 3 aliphatic rings. The quantitative estimate of drug-likeness (QED) is 0.598. The lowest BCUT2D eigenvalue weighted by molar-refractivity contribution is 0.0667. The number of ether oxygens (including phenoxy) is 1. The first-order valence-corrected chi connectivity index (χ1v) is 11.1. The third-order valence-corrected chi connectivity index (χ3v) is 6.89. The van der Waals surface area contributed by atoms with E-state index in [1.807, 2.05) is 30.3 Å². The first kappa shape index (κ1) is 20.7. The molecule has 6 rings (SSSR count). The van der Waals surface area contributed by atoms with Gasteiger partial charge in [0.05, 0.1) is 6.61 Å². The van der Waals surface area contributed by atoms with E-state index in [0.717, 1.165) is 18.1 Å². The molecule has 3 atom stereocenters. The van der Waals surface area contributed by atoms with E-state index in [4.69, 9.17) is 4.74 Å². The fourth-order valence-corrected chi connectivity index (χ4v) is 5.00. The maximum atomic E-state index is 15.1. The zero-order chi connectivity index (χ0) is 23.6. The molecule has 1 aromatic heterocycles. The van der Waals surface area contributed by atoms with Crippen LogP contribution < -0.4 is 15.2 Å². The van der Waals surface area contributed by atoms with Gasteiger partial charge in [-0.05, 0) is 36.0 Å². The number of nitrogens with zero attached hydrogens (tertiary/aromatic N) is 3. The molecule has 1 saturated carbocycles. The van der Waals surface area contributed by atoms with Crippen molar-refractivity contribution in [1.82, 2.24) is 9.58 Å². The third-order valence-electron chi connectivity index (χ3n) is 6.89. The summed E-state index contributed by atoms with van der Waals surface area (Å²) >= 11 is 0. The van der Waals surface area contributed by atoms with E-state index in [9.17, 15) is 19.1 Å². The number of benzene rings is 2. The lowest BCUT2D eigenvalue weighted by Crippen LogP contribution is -2.56. The van der Waals surface area contributed by atoms with Crippen molar-refractivity contribution in [3.63, 3.8) is 0 Å². The average molecular weight is 465 g/mol. The number of amides is 1. The monoisotopic (exact) mass is 465 g/mol. The molecule has 7 nitrogen and oxygen atoms in total. The van der Waals surface area contributed by atoms with Crippen LogP contribution >= 0.6 is 0 Å². The normalized spacial score (nSPS) is 23.2. The standard InChI is InChI=1S/C25H21F2N3O4/c26-18-7-6-17-21(14-4-2-1-3-5-14)30-13-28(11-15-10-16(15)12-34-24(17)20(18)27)25(33)22-23(32)19(31)8-9-29(22)30/h1-9,15-16,21,32H,10-13H2/t15-,16-,21-/m1/s1. The first-order valence-electron chi connectivity index (χ1n) is 11.1. The van der Waals surface area contributed by atoms with Crippen LogP contribution in [0.5, 0.6) is 11.5 Å². The van der Waals surface area contributed by atoms with Crippen molar-refractivity contribution >= 4 is 5.91 Å². The van der Waals surface area contributed by atoms with Crippen molar-refractivity contribution in [2.75, 3.05) is 24.8 Å². The minimum atomic E-state index is -1.07. The second-order valence-corrected chi connectivity index (χ2v) is 8.99. The number of hydrogen-bond donors (Lipinski definition) is 1. The molecule has 1 aliphatic carbocycles. The van der Waals surface area contributed by atoms with Crippen LogP contribution in [0.2, 0.25) is 0 Å². The Morgan fingerprint density at radius 2 is 1.79 bits per heavy atom. The highest BCUT2D eigenvalue weighted by Gasteiger charge is 2.45. The lowest BCUT2D eigenvalue weighted by Gasteiger charge is -2.44. The Labute approximate surface area is 193 Å².